The first-order valence-corrected chi connectivity index (χ1v) is 7.55. The minimum Gasteiger partial charge on any atom is -0.435 e. The van der Waals surface area contributed by atoms with E-state index in [1.807, 2.05) is 12.1 Å². The second-order valence-electron chi connectivity index (χ2n) is 5.78. The normalized spacial score (nSPS) is 23.0. The van der Waals surface area contributed by atoms with Crippen LogP contribution in [-0.2, 0) is 0 Å². The van der Waals surface area contributed by atoms with E-state index in [4.69, 9.17) is 5.73 Å². The van der Waals surface area contributed by atoms with Crippen molar-refractivity contribution in [3.8, 4) is 5.75 Å². The minimum absolute atomic E-state index is 0.134. The Bertz CT molecular complexity index is 436. The summed E-state index contributed by atoms with van der Waals surface area (Å²) in [6, 6.07) is 7.65. The zero-order valence-corrected chi connectivity index (χ0v) is 12.6. The van der Waals surface area contributed by atoms with Crippen LogP contribution in [0.1, 0.15) is 44.7 Å². The standard InChI is InChI=1S/C16H24F2N2O/c1-11(19)15-5-3-4-10-20(15)12(2)13-6-8-14(9-7-13)21-16(17)18/h6-9,11-12,15-16H,3-5,10,19H2,1-2H3. The molecule has 1 saturated heterocycles. The van der Waals surface area contributed by atoms with Gasteiger partial charge in [-0.05, 0) is 50.9 Å². The van der Waals surface area contributed by atoms with Gasteiger partial charge in [0.15, 0.2) is 0 Å². The highest BCUT2D eigenvalue weighted by atomic mass is 19.3. The predicted molar refractivity (Wildman–Crippen MR) is 79.5 cm³/mol. The summed E-state index contributed by atoms with van der Waals surface area (Å²) in [5.41, 5.74) is 7.21. The van der Waals surface area contributed by atoms with Crippen molar-refractivity contribution in [3.05, 3.63) is 29.8 Å². The van der Waals surface area contributed by atoms with Gasteiger partial charge in [0.1, 0.15) is 5.75 Å². The molecule has 1 heterocycles. The quantitative estimate of drug-likeness (QED) is 0.903. The van der Waals surface area contributed by atoms with Crippen molar-refractivity contribution in [1.29, 1.82) is 0 Å². The van der Waals surface area contributed by atoms with Gasteiger partial charge in [0.05, 0.1) is 0 Å². The van der Waals surface area contributed by atoms with Gasteiger partial charge in [-0.15, -0.1) is 0 Å². The molecule has 0 bridgehead atoms. The summed E-state index contributed by atoms with van der Waals surface area (Å²) < 4.78 is 28.7. The van der Waals surface area contributed by atoms with Crippen LogP contribution in [-0.4, -0.2) is 30.1 Å². The van der Waals surface area contributed by atoms with E-state index < -0.39 is 6.61 Å². The number of hydrogen-bond donors (Lipinski definition) is 1. The molecule has 1 aliphatic heterocycles. The van der Waals surface area contributed by atoms with Crippen molar-refractivity contribution in [2.45, 2.75) is 57.8 Å². The fraction of sp³-hybridized carbons (Fsp3) is 0.625. The molecule has 3 nitrogen and oxygen atoms in total. The third-order valence-electron chi connectivity index (χ3n) is 4.28. The Hall–Kier alpha value is -1.20. The molecule has 0 aliphatic carbocycles. The molecule has 3 atom stereocenters. The highest BCUT2D eigenvalue weighted by Gasteiger charge is 2.29. The van der Waals surface area contributed by atoms with E-state index >= 15 is 0 Å². The summed E-state index contributed by atoms with van der Waals surface area (Å²) in [5, 5.41) is 0. The van der Waals surface area contributed by atoms with Gasteiger partial charge >= 0.3 is 6.61 Å². The Morgan fingerprint density at radius 3 is 2.43 bits per heavy atom. The minimum atomic E-state index is -2.78. The van der Waals surface area contributed by atoms with Gasteiger partial charge in [-0.25, -0.2) is 0 Å². The Labute approximate surface area is 125 Å². The molecular formula is C16H24F2N2O. The summed E-state index contributed by atoms with van der Waals surface area (Å²) in [5.74, 6) is 0.198. The van der Waals surface area contributed by atoms with Gasteiger partial charge in [0.25, 0.3) is 0 Å². The largest absolute Gasteiger partial charge is 0.435 e. The molecule has 1 aliphatic rings. The van der Waals surface area contributed by atoms with Gasteiger partial charge in [0.2, 0.25) is 0 Å². The van der Waals surface area contributed by atoms with Crippen molar-refractivity contribution >= 4 is 0 Å². The molecule has 1 aromatic carbocycles. The number of rotatable bonds is 5. The summed E-state index contributed by atoms with van der Waals surface area (Å²) in [6.45, 7) is 2.44. The molecule has 0 saturated carbocycles. The van der Waals surface area contributed by atoms with Crippen LogP contribution in [0.3, 0.4) is 0 Å². The number of piperidine rings is 1. The second kappa shape index (κ2) is 7.18. The maximum absolute atomic E-state index is 12.2. The van der Waals surface area contributed by atoms with E-state index in [9.17, 15) is 8.78 Å². The highest BCUT2D eigenvalue weighted by Crippen LogP contribution is 2.30. The van der Waals surface area contributed by atoms with E-state index in [-0.39, 0.29) is 17.8 Å². The molecule has 1 aromatic rings. The molecule has 0 amide bonds. The third-order valence-corrected chi connectivity index (χ3v) is 4.28. The van der Waals surface area contributed by atoms with Crippen LogP contribution in [0.4, 0.5) is 8.78 Å². The first kappa shape index (κ1) is 16.2. The van der Waals surface area contributed by atoms with Crippen LogP contribution >= 0.6 is 0 Å². The third kappa shape index (κ3) is 4.14. The van der Waals surface area contributed by atoms with Gasteiger partial charge < -0.3 is 10.5 Å². The van der Waals surface area contributed by atoms with E-state index in [0.717, 1.165) is 18.5 Å². The van der Waals surface area contributed by atoms with Crippen LogP contribution in [0.5, 0.6) is 5.75 Å². The zero-order chi connectivity index (χ0) is 15.4. The van der Waals surface area contributed by atoms with Gasteiger partial charge in [-0.2, -0.15) is 8.78 Å². The summed E-state index contributed by atoms with van der Waals surface area (Å²) in [6.07, 6.45) is 3.52. The van der Waals surface area contributed by atoms with Crippen LogP contribution in [0, 0.1) is 0 Å². The number of alkyl halides is 2. The lowest BCUT2D eigenvalue weighted by Gasteiger charge is -2.42. The number of halogens is 2. The molecule has 2 N–H and O–H groups in total. The van der Waals surface area contributed by atoms with Crippen LogP contribution in [0.2, 0.25) is 0 Å². The van der Waals surface area contributed by atoms with Gasteiger partial charge in [0, 0.05) is 18.1 Å². The van der Waals surface area contributed by atoms with Gasteiger partial charge in [-0.1, -0.05) is 18.6 Å². The zero-order valence-electron chi connectivity index (χ0n) is 12.6. The van der Waals surface area contributed by atoms with E-state index in [1.165, 1.54) is 12.8 Å². The molecule has 1 fully saturated rings. The number of nitrogens with two attached hydrogens (primary N) is 1. The Balaban J connectivity index is 2.09. The average Bonchev–Trinajstić information content (AvgIpc) is 2.46. The maximum atomic E-state index is 12.2. The lowest BCUT2D eigenvalue weighted by atomic mass is 9.93. The molecule has 3 unspecified atom stereocenters. The second-order valence-corrected chi connectivity index (χ2v) is 5.78. The molecule has 0 radical (unpaired) electrons. The number of benzene rings is 1. The SMILES string of the molecule is CC(N)C1CCCCN1C(C)c1ccc(OC(F)F)cc1. The first-order valence-electron chi connectivity index (χ1n) is 7.55. The number of likely N-dealkylation sites (tertiary alicyclic amines) is 1. The van der Waals surface area contributed by atoms with Crippen molar-refractivity contribution in [2.24, 2.45) is 5.73 Å². The number of hydrogen-bond acceptors (Lipinski definition) is 3. The Morgan fingerprint density at radius 2 is 1.86 bits per heavy atom. The highest BCUT2D eigenvalue weighted by molar-refractivity contribution is 5.29. The van der Waals surface area contributed by atoms with Crippen molar-refractivity contribution in [3.63, 3.8) is 0 Å². The molecule has 0 spiro atoms. The van der Waals surface area contributed by atoms with E-state index in [1.54, 1.807) is 12.1 Å². The molecule has 21 heavy (non-hydrogen) atoms. The Kier molecular flexibility index (Phi) is 5.53. The maximum Gasteiger partial charge on any atom is 0.387 e. The topological polar surface area (TPSA) is 38.5 Å². The number of nitrogens with zero attached hydrogens (tertiary/aromatic N) is 1. The summed E-state index contributed by atoms with van der Waals surface area (Å²) in [4.78, 5) is 2.43. The first-order chi connectivity index (χ1) is 9.99. The molecule has 0 aromatic heterocycles. The summed E-state index contributed by atoms with van der Waals surface area (Å²) >= 11 is 0. The fourth-order valence-electron chi connectivity index (χ4n) is 3.14. The fourth-order valence-corrected chi connectivity index (χ4v) is 3.14. The lowest BCUT2D eigenvalue weighted by molar-refractivity contribution is -0.0498. The monoisotopic (exact) mass is 298 g/mol. The molecule has 5 heteroatoms. The van der Waals surface area contributed by atoms with Gasteiger partial charge in [-0.3, -0.25) is 4.90 Å². The lowest BCUT2D eigenvalue weighted by Crippen LogP contribution is -2.49. The van der Waals surface area contributed by atoms with E-state index in [0.29, 0.717) is 6.04 Å². The number of ether oxygens (including phenoxy) is 1. The Morgan fingerprint density at radius 1 is 1.19 bits per heavy atom. The van der Waals surface area contributed by atoms with Crippen LogP contribution < -0.4 is 10.5 Å². The summed E-state index contributed by atoms with van der Waals surface area (Å²) in [7, 11) is 0. The predicted octanol–water partition coefficient (Wildman–Crippen LogP) is 3.55. The van der Waals surface area contributed by atoms with Crippen molar-refractivity contribution < 1.29 is 13.5 Å². The van der Waals surface area contributed by atoms with Crippen LogP contribution in [0.25, 0.3) is 0 Å². The van der Waals surface area contributed by atoms with Crippen molar-refractivity contribution in [1.82, 2.24) is 4.90 Å². The molecule has 2 rings (SSSR count). The van der Waals surface area contributed by atoms with Crippen LogP contribution in [0.15, 0.2) is 24.3 Å². The average molecular weight is 298 g/mol. The van der Waals surface area contributed by atoms with E-state index in [2.05, 4.69) is 23.5 Å². The van der Waals surface area contributed by atoms with Crippen molar-refractivity contribution in [2.75, 3.05) is 6.54 Å². The smallest absolute Gasteiger partial charge is 0.387 e. The molecular weight excluding hydrogens is 274 g/mol. The molecule has 118 valence electrons.